The lowest BCUT2D eigenvalue weighted by molar-refractivity contribution is 0.104. The summed E-state index contributed by atoms with van der Waals surface area (Å²) in [5.41, 5.74) is 5.23. The van der Waals surface area contributed by atoms with Crippen molar-refractivity contribution in [2.75, 3.05) is 13.2 Å². The van der Waals surface area contributed by atoms with Crippen molar-refractivity contribution in [1.82, 2.24) is 10.1 Å². The number of hydrogen-bond acceptors (Lipinski definition) is 5. The van der Waals surface area contributed by atoms with Crippen molar-refractivity contribution in [3.05, 3.63) is 11.7 Å². The Bertz CT molecular complexity index is 224. The molecule has 68 valence electrons. The fraction of sp³-hybridized carbons (Fsp3) is 0.714. The topological polar surface area (TPSA) is 74.2 Å². The van der Waals surface area contributed by atoms with Crippen molar-refractivity contribution in [3.8, 4) is 0 Å². The van der Waals surface area contributed by atoms with Gasteiger partial charge in [0.05, 0.1) is 6.61 Å². The molecule has 0 fully saturated rings. The van der Waals surface area contributed by atoms with E-state index in [4.69, 9.17) is 15.0 Å². The highest BCUT2D eigenvalue weighted by Crippen LogP contribution is 1.98. The molecule has 0 amide bonds. The highest BCUT2D eigenvalue weighted by atomic mass is 16.5. The van der Waals surface area contributed by atoms with E-state index in [9.17, 15) is 0 Å². The number of aromatic nitrogens is 2. The summed E-state index contributed by atoms with van der Waals surface area (Å²) in [5, 5.41) is 3.72. The SMILES string of the molecule is CCc1noc(COCCN)n1. The zero-order chi connectivity index (χ0) is 8.81. The van der Waals surface area contributed by atoms with Crippen LogP contribution in [-0.4, -0.2) is 23.3 Å². The molecule has 5 heteroatoms. The van der Waals surface area contributed by atoms with Crippen LogP contribution in [0.5, 0.6) is 0 Å². The van der Waals surface area contributed by atoms with Gasteiger partial charge in [0.25, 0.3) is 5.89 Å². The lowest BCUT2D eigenvalue weighted by atomic mass is 10.5. The average molecular weight is 171 g/mol. The van der Waals surface area contributed by atoms with Gasteiger partial charge in [0.1, 0.15) is 6.61 Å². The van der Waals surface area contributed by atoms with Gasteiger partial charge in [-0.25, -0.2) is 0 Å². The van der Waals surface area contributed by atoms with E-state index in [1.165, 1.54) is 0 Å². The molecule has 1 heterocycles. The molecule has 5 nitrogen and oxygen atoms in total. The molecule has 0 aliphatic rings. The van der Waals surface area contributed by atoms with Crippen LogP contribution in [0.15, 0.2) is 4.52 Å². The van der Waals surface area contributed by atoms with Crippen LogP contribution in [0.2, 0.25) is 0 Å². The molecule has 12 heavy (non-hydrogen) atoms. The van der Waals surface area contributed by atoms with Crippen molar-refractivity contribution >= 4 is 0 Å². The van der Waals surface area contributed by atoms with Gasteiger partial charge in [-0.15, -0.1) is 0 Å². The van der Waals surface area contributed by atoms with Crippen molar-refractivity contribution in [1.29, 1.82) is 0 Å². The number of hydrogen-bond donors (Lipinski definition) is 1. The maximum atomic E-state index is 5.23. The minimum absolute atomic E-state index is 0.351. The first-order valence-corrected chi connectivity index (χ1v) is 3.96. The first kappa shape index (κ1) is 9.15. The van der Waals surface area contributed by atoms with E-state index in [0.29, 0.717) is 31.5 Å². The minimum atomic E-state index is 0.351. The molecule has 1 aromatic rings. The number of aryl methyl sites for hydroxylation is 1. The number of nitrogens with two attached hydrogens (primary N) is 1. The van der Waals surface area contributed by atoms with E-state index in [-0.39, 0.29) is 0 Å². The first-order chi connectivity index (χ1) is 5.86. The summed E-state index contributed by atoms with van der Waals surface area (Å²) in [5.74, 6) is 1.22. The zero-order valence-electron chi connectivity index (χ0n) is 7.12. The molecule has 0 aromatic carbocycles. The van der Waals surface area contributed by atoms with Crippen LogP contribution < -0.4 is 5.73 Å². The summed E-state index contributed by atoms with van der Waals surface area (Å²) >= 11 is 0. The van der Waals surface area contributed by atoms with Gasteiger partial charge in [-0.1, -0.05) is 12.1 Å². The molecule has 0 atom stereocenters. The van der Waals surface area contributed by atoms with Crippen molar-refractivity contribution in [3.63, 3.8) is 0 Å². The Morgan fingerprint density at radius 1 is 1.58 bits per heavy atom. The van der Waals surface area contributed by atoms with E-state index in [2.05, 4.69) is 10.1 Å². The summed E-state index contributed by atoms with van der Waals surface area (Å²) in [7, 11) is 0. The smallest absolute Gasteiger partial charge is 0.252 e. The molecule has 1 rings (SSSR count). The molecule has 0 aliphatic carbocycles. The van der Waals surface area contributed by atoms with Gasteiger partial charge in [0.2, 0.25) is 0 Å². The third kappa shape index (κ3) is 2.60. The molecule has 1 aromatic heterocycles. The summed E-state index contributed by atoms with van der Waals surface area (Å²) < 4.78 is 9.98. The maximum Gasteiger partial charge on any atom is 0.252 e. The van der Waals surface area contributed by atoms with Gasteiger partial charge in [-0.2, -0.15) is 4.98 Å². The molecule has 2 N–H and O–H groups in total. The highest BCUT2D eigenvalue weighted by molar-refractivity contribution is 4.83. The largest absolute Gasteiger partial charge is 0.370 e. The summed E-state index contributed by atoms with van der Waals surface area (Å²) in [6.45, 7) is 3.35. The Hall–Kier alpha value is -0.940. The van der Waals surface area contributed by atoms with E-state index in [0.717, 1.165) is 6.42 Å². The van der Waals surface area contributed by atoms with Crippen LogP contribution in [0.4, 0.5) is 0 Å². The lowest BCUT2D eigenvalue weighted by Gasteiger charge is -1.95. The fourth-order valence-corrected chi connectivity index (χ4v) is 0.735. The van der Waals surface area contributed by atoms with Gasteiger partial charge >= 0.3 is 0 Å². The second-order valence-electron chi connectivity index (χ2n) is 2.30. The number of nitrogens with zero attached hydrogens (tertiary/aromatic N) is 2. The van der Waals surface area contributed by atoms with E-state index in [1.807, 2.05) is 6.92 Å². The summed E-state index contributed by atoms with van der Waals surface area (Å²) in [6.07, 6.45) is 0.778. The molecule has 0 bridgehead atoms. The molecular weight excluding hydrogens is 158 g/mol. The van der Waals surface area contributed by atoms with Gasteiger partial charge in [-0.3, -0.25) is 0 Å². The number of ether oxygens (including phenoxy) is 1. The molecule has 0 radical (unpaired) electrons. The Kier molecular flexibility index (Phi) is 3.69. The van der Waals surface area contributed by atoms with Crippen molar-refractivity contribution in [2.45, 2.75) is 20.0 Å². The van der Waals surface area contributed by atoms with Crippen LogP contribution >= 0.6 is 0 Å². The van der Waals surface area contributed by atoms with Crippen LogP contribution in [0.3, 0.4) is 0 Å². The van der Waals surface area contributed by atoms with Crippen LogP contribution in [-0.2, 0) is 17.8 Å². The fourth-order valence-electron chi connectivity index (χ4n) is 0.735. The molecule has 0 saturated heterocycles. The Morgan fingerprint density at radius 2 is 2.42 bits per heavy atom. The molecule has 0 aliphatic heterocycles. The summed E-state index contributed by atoms with van der Waals surface area (Å²) in [4.78, 5) is 4.06. The zero-order valence-corrected chi connectivity index (χ0v) is 7.12. The van der Waals surface area contributed by atoms with Gasteiger partial charge in [0, 0.05) is 13.0 Å². The predicted molar refractivity (Wildman–Crippen MR) is 42.4 cm³/mol. The Balaban J connectivity index is 2.31. The highest BCUT2D eigenvalue weighted by Gasteiger charge is 2.02. The van der Waals surface area contributed by atoms with Crippen molar-refractivity contribution < 1.29 is 9.26 Å². The number of rotatable bonds is 5. The molecule has 0 unspecified atom stereocenters. The average Bonchev–Trinajstić information content (AvgIpc) is 2.53. The van der Waals surface area contributed by atoms with Gasteiger partial charge in [0.15, 0.2) is 5.82 Å². The van der Waals surface area contributed by atoms with Crippen LogP contribution in [0.1, 0.15) is 18.6 Å². The van der Waals surface area contributed by atoms with Crippen LogP contribution in [0.25, 0.3) is 0 Å². The Labute approximate surface area is 70.9 Å². The Morgan fingerprint density at radius 3 is 3.00 bits per heavy atom. The second kappa shape index (κ2) is 4.84. The van der Waals surface area contributed by atoms with Gasteiger partial charge < -0.3 is 15.0 Å². The maximum absolute atomic E-state index is 5.23. The normalized spacial score (nSPS) is 10.5. The third-order valence-corrected chi connectivity index (χ3v) is 1.31. The standard InChI is InChI=1S/C7H13N3O2/c1-2-6-9-7(12-10-6)5-11-4-3-8/h2-5,8H2,1H3. The molecule has 0 spiro atoms. The first-order valence-electron chi connectivity index (χ1n) is 3.96. The second-order valence-corrected chi connectivity index (χ2v) is 2.30. The monoisotopic (exact) mass is 171 g/mol. The van der Waals surface area contributed by atoms with E-state index >= 15 is 0 Å². The minimum Gasteiger partial charge on any atom is -0.370 e. The lowest BCUT2D eigenvalue weighted by Crippen LogP contribution is -2.08. The quantitative estimate of drug-likeness (QED) is 0.636. The van der Waals surface area contributed by atoms with Crippen molar-refractivity contribution in [2.24, 2.45) is 5.73 Å². The molecule has 0 saturated carbocycles. The van der Waals surface area contributed by atoms with E-state index < -0.39 is 0 Å². The van der Waals surface area contributed by atoms with Gasteiger partial charge in [-0.05, 0) is 0 Å². The predicted octanol–water partition coefficient (Wildman–Crippen LogP) is 0.107. The van der Waals surface area contributed by atoms with Crippen LogP contribution in [0, 0.1) is 0 Å². The summed E-state index contributed by atoms with van der Waals surface area (Å²) in [6, 6.07) is 0. The molecular formula is C7H13N3O2. The third-order valence-electron chi connectivity index (χ3n) is 1.31. The van der Waals surface area contributed by atoms with E-state index in [1.54, 1.807) is 0 Å².